The van der Waals surface area contributed by atoms with Crippen molar-refractivity contribution in [2.45, 2.75) is 6.54 Å². The van der Waals surface area contributed by atoms with Crippen LogP contribution in [0.25, 0.3) is 0 Å². The molecule has 0 aliphatic heterocycles. The predicted molar refractivity (Wildman–Crippen MR) is 68.6 cm³/mol. The minimum atomic E-state index is -0.335. The molecule has 0 saturated heterocycles. The molecule has 0 spiro atoms. The summed E-state index contributed by atoms with van der Waals surface area (Å²) in [5.41, 5.74) is -0.282. The number of nitrogens with one attached hydrogen (secondary N) is 1. The van der Waals surface area contributed by atoms with E-state index >= 15 is 0 Å². The Kier molecular flexibility index (Phi) is 3.74. The molecule has 0 saturated carbocycles. The molecule has 0 aliphatic carbocycles. The molecule has 92 valence electrons. The van der Waals surface area contributed by atoms with Crippen LogP contribution in [0.2, 0.25) is 5.02 Å². The van der Waals surface area contributed by atoms with Gasteiger partial charge in [-0.05, 0) is 18.2 Å². The number of carbonyl (C=O) groups excluding carboxylic acids is 1. The Morgan fingerprint density at radius 3 is 2.89 bits per heavy atom. The van der Waals surface area contributed by atoms with Gasteiger partial charge in [-0.15, -0.1) is 0 Å². The molecule has 6 heteroatoms. The predicted octanol–water partition coefficient (Wildman–Crippen LogP) is 1.54. The van der Waals surface area contributed by atoms with Crippen molar-refractivity contribution < 1.29 is 4.79 Å². The molecule has 0 bridgehead atoms. The van der Waals surface area contributed by atoms with Gasteiger partial charge in [-0.1, -0.05) is 17.7 Å². The zero-order chi connectivity index (χ0) is 13.0. The van der Waals surface area contributed by atoms with Crippen LogP contribution in [-0.2, 0) is 11.3 Å². The quantitative estimate of drug-likeness (QED) is 0.913. The second-order valence-electron chi connectivity index (χ2n) is 3.58. The molecule has 2 rings (SSSR count). The Morgan fingerprint density at radius 2 is 2.17 bits per heavy atom. The zero-order valence-corrected chi connectivity index (χ0v) is 10.1. The van der Waals surface area contributed by atoms with E-state index in [9.17, 15) is 9.59 Å². The molecule has 1 N–H and O–H groups in total. The first kappa shape index (κ1) is 12.3. The molecule has 1 amide bonds. The number of aromatic nitrogens is 2. The number of halogens is 1. The molecule has 2 aromatic heterocycles. The van der Waals surface area contributed by atoms with Crippen molar-refractivity contribution in [1.29, 1.82) is 0 Å². The molecule has 18 heavy (non-hydrogen) atoms. The minimum Gasteiger partial charge on any atom is -0.309 e. The van der Waals surface area contributed by atoms with E-state index in [1.807, 2.05) is 0 Å². The third kappa shape index (κ3) is 3.18. The van der Waals surface area contributed by atoms with Crippen LogP contribution in [0.1, 0.15) is 0 Å². The van der Waals surface area contributed by atoms with Crippen molar-refractivity contribution in [3.63, 3.8) is 0 Å². The fourth-order valence-corrected chi connectivity index (χ4v) is 1.58. The number of carbonyl (C=O) groups is 1. The number of pyridine rings is 2. The van der Waals surface area contributed by atoms with Crippen LogP contribution in [-0.4, -0.2) is 15.5 Å². The zero-order valence-electron chi connectivity index (χ0n) is 9.34. The van der Waals surface area contributed by atoms with E-state index in [2.05, 4.69) is 10.3 Å². The summed E-state index contributed by atoms with van der Waals surface area (Å²) in [7, 11) is 0. The van der Waals surface area contributed by atoms with E-state index in [-0.39, 0.29) is 18.0 Å². The van der Waals surface area contributed by atoms with E-state index in [0.717, 1.165) is 0 Å². The molecule has 5 nitrogen and oxygen atoms in total. The number of anilines is 1. The molecule has 0 atom stereocenters. The minimum absolute atomic E-state index is 0.101. The van der Waals surface area contributed by atoms with Crippen molar-refractivity contribution in [2.24, 2.45) is 0 Å². The van der Waals surface area contributed by atoms with Crippen molar-refractivity contribution in [3.8, 4) is 0 Å². The Morgan fingerprint density at radius 1 is 1.33 bits per heavy atom. The summed E-state index contributed by atoms with van der Waals surface area (Å²) in [5, 5.41) is 2.99. The van der Waals surface area contributed by atoms with E-state index in [1.54, 1.807) is 24.4 Å². The van der Waals surface area contributed by atoms with E-state index in [1.165, 1.54) is 22.9 Å². The Bertz CT molecular complexity index is 610. The average Bonchev–Trinajstić information content (AvgIpc) is 2.35. The van der Waals surface area contributed by atoms with Crippen molar-refractivity contribution in [3.05, 3.63) is 58.1 Å². The average molecular weight is 264 g/mol. The van der Waals surface area contributed by atoms with Crippen LogP contribution < -0.4 is 10.9 Å². The second kappa shape index (κ2) is 5.46. The number of hydrogen-bond acceptors (Lipinski definition) is 3. The maximum atomic E-state index is 11.7. The Balaban J connectivity index is 2.08. The highest BCUT2D eigenvalue weighted by atomic mass is 35.5. The van der Waals surface area contributed by atoms with Crippen LogP contribution in [0.5, 0.6) is 0 Å². The fourth-order valence-electron chi connectivity index (χ4n) is 1.40. The molecule has 0 fully saturated rings. The first-order valence-corrected chi connectivity index (χ1v) is 5.60. The smallest absolute Gasteiger partial charge is 0.251 e. The summed E-state index contributed by atoms with van der Waals surface area (Å²) < 4.78 is 1.24. The largest absolute Gasteiger partial charge is 0.309 e. The lowest BCUT2D eigenvalue weighted by Gasteiger charge is -2.06. The fraction of sp³-hybridized carbons (Fsp3) is 0.0833. The summed E-state index contributed by atoms with van der Waals surface area (Å²) in [6.07, 6.45) is 2.99. The van der Waals surface area contributed by atoms with Gasteiger partial charge in [-0.2, -0.15) is 0 Å². The van der Waals surface area contributed by atoms with Gasteiger partial charge in [0.15, 0.2) is 0 Å². The third-order valence-corrected chi connectivity index (χ3v) is 2.42. The number of hydrogen-bond donors (Lipinski definition) is 1. The van der Waals surface area contributed by atoms with Crippen molar-refractivity contribution in [1.82, 2.24) is 9.55 Å². The van der Waals surface area contributed by atoms with Crippen LogP contribution in [0.3, 0.4) is 0 Å². The van der Waals surface area contributed by atoms with Gasteiger partial charge in [0.1, 0.15) is 12.4 Å². The first-order valence-electron chi connectivity index (χ1n) is 5.22. The van der Waals surface area contributed by atoms with E-state index in [0.29, 0.717) is 10.8 Å². The monoisotopic (exact) mass is 263 g/mol. The highest BCUT2D eigenvalue weighted by molar-refractivity contribution is 6.30. The highest BCUT2D eigenvalue weighted by Crippen LogP contribution is 2.04. The number of nitrogens with zero attached hydrogens (tertiary/aromatic N) is 2. The van der Waals surface area contributed by atoms with Crippen molar-refractivity contribution in [2.75, 3.05) is 5.32 Å². The lowest BCUT2D eigenvalue weighted by Crippen LogP contribution is -2.26. The highest BCUT2D eigenvalue weighted by Gasteiger charge is 2.05. The summed E-state index contributed by atoms with van der Waals surface area (Å²) in [6, 6.07) is 7.97. The van der Waals surface area contributed by atoms with Crippen molar-refractivity contribution >= 4 is 23.3 Å². The first-order chi connectivity index (χ1) is 8.65. The summed E-state index contributed by atoms with van der Waals surface area (Å²) >= 11 is 5.76. The molecule has 0 aliphatic rings. The Hall–Kier alpha value is -2.14. The van der Waals surface area contributed by atoms with Gasteiger partial charge in [0, 0.05) is 18.5 Å². The van der Waals surface area contributed by atoms with Gasteiger partial charge in [-0.25, -0.2) is 4.98 Å². The molecule has 0 radical (unpaired) electrons. The van der Waals surface area contributed by atoms with Crippen LogP contribution >= 0.6 is 11.6 Å². The SMILES string of the molecule is O=C(Cn1cc(Cl)ccc1=O)Nc1ccccn1. The lowest BCUT2D eigenvalue weighted by molar-refractivity contribution is -0.116. The van der Waals surface area contributed by atoms with Gasteiger partial charge in [0.25, 0.3) is 5.56 Å². The molecule has 0 unspecified atom stereocenters. The van der Waals surface area contributed by atoms with Crippen LogP contribution in [0, 0.1) is 0 Å². The molecular weight excluding hydrogens is 254 g/mol. The maximum absolute atomic E-state index is 11.7. The summed E-state index contributed by atoms with van der Waals surface area (Å²) in [4.78, 5) is 27.1. The molecular formula is C12H10ClN3O2. The van der Waals surface area contributed by atoms with Gasteiger partial charge >= 0.3 is 0 Å². The third-order valence-electron chi connectivity index (χ3n) is 2.19. The summed E-state index contributed by atoms with van der Waals surface area (Å²) in [6.45, 7) is -0.101. The Labute approximate surface area is 108 Å². The van der Waals surface area contributed by atoms with Gasteiger partial charge in [0.05, 0.1) is 5.02 Å². The standard InChI is InChI=1S/C12H10ClN3O2/c13-9-4-5-12(18)16(7-9)8-11(17)15-10-3-1-2-6-14-10/h1-7H,8H2,(H,14,15,17). The van der Waals surface area contributed by atoms with E-state index in [4.69, 9.17) is 11.6 Å². The van der Waals surface area contributed by atoms with Crippen LogP contribution in [0.4, 0.5) is 5.82 Å². The normalized spacial score (nSPS) is 10.1. The second-order valence-corrected chi connectivity index (χ2v) is 4.01. The van der Waals surface area contributed by atoms with Gasteiger partial charge in [-0.3, -0.25) is 9.59 Å². The van der Waals surface area contributed by atoms with Crippen LogP contribution in [0.15, 0.2) is 47.5 Å². The van der Waals surface area contributed by atoms with Gasteiger partial charge in [0.2, 0.25) is 5.91 Å². The maximum Gasteiger partial charge on any atom is 0.251 e. The molecule has 2 aromatic rings. The number of rotatable bonds is 3. The van der Waals surface area contributed by atoms with E-state index < -0.39 is 0 Å². The molecule has 0 aromatic carbocycles. The topological polar surface area (TPSA) is 64.0 Å². The summed E-state index contributed by atoms with van der Waals surface area (Å²) in [5.74, 6) is 0.107. The lowest BCUT2D eigenvalue weighted by atomic mass is 10.4. The molecule has 2 heterocycles. The number of amides is 1. The van der Waals surface area contributed by atoms with Gasteiger partial charge < -0.3 is 9.88 Å².